The second kappa shape index (κ2) is 10.1. The van der Waals surface area contributed by atoms with Crippen LogP contribution in [0.15, 0.2) is 23.1 Å². The van der Waals surface area contributed by atoms with E-state index in [0.29, 0.717) is 33.8 Å². The molecule has 4 atom stereocenters. The number of pyridine rings is 2. The van der Waals surface area contributed by atoms with Crippen molar-refractivity contribution in [3.05, 3.63) is 40.2 Å². The quantitative estimate of drug-likeness (QED) is 0.281. The van der Waals surface area contributed by atoms with Crippen LogP contribution in [0, 0.1) is 12.8 Å². The minimum absolute atomic E-state index is 0.0146. The van der Waals surface area contributed by atoms with Crippen molar-refractivity contribution in [2.75, 3.05) is 19.5 Å². The van der Waals surface area contributed by atoms with Crippen LogP contribution in [-0.4, -0.2) is 60.8 Å². The normalized spacial score (nSPS) is 28.2. The Kier molecular flexibility index (Phi) is 4.92. The molecule has 2 saturated carbocycles. The fourth-order valence-corrected chi connectivity index (χ4v) is 6.13. The zero-order valence-electron chi connectivity index (χ0n) is 30.2. The smallest absolute Gasteiger partial charge is 0.407 e. The van der Waals surface area contributed by atoms with Gasteiger partial charge in [-0.2, -0.15) is 0 Å². The molecule has 0 aromatic carbocycles. The molecule has 0 aliphatic heterocycles. The highest BCUT2D eigenvalue weighted by Crippen LogP contribution is 2.52. The number of nitrogens with two attached hydrogens (primary N) is 1. The first kappa shape index (κ1) is 20.4. The van der Waals surface area contributed by atoms with Crippen LogP contribution in [0.2, 0.25) is 0 Å². The summed E-state index contributed by atoms with van der Waals surface area (Å²) in [5.74, 6) is 0.456. The number of aromatic nitrogens is 6. The number of aryl methyl sites for hydroxylation is 2. The Morgan fingerprint density at radius 1 is 1.26 bits per heavy atom. The number of rotatable bonds is 8. The third-order valence-electron chi connectivity index (χ3n) is 8.26. The number of ether oxygens (including phenoxy) is 2. The van der Waals surface area contributed by atoms with E-state index in [0.717, 1.165) is 5.56 Å². The van der Waals surface area contributed by atoms with Gasteiger partial charge in [-0.05, 0) is 50.2 Å². The van der Waals surface area contributed by atoms with Crippen molar-refractivity contribution in [1.29, 1.82) is 0 Å². The Balaban J connectivity index is 1.40. The van der Waals surface area contributed by atoms with Crippen LogP contribution in [0.1, 0.15) is 59.6 Å². The van der Waals surface area contributed by atoms with E-state index in [1.54, 1.807) is 10.6 Å². The number of imidazole rings is 2. The van der Waals surface area contributed by atoms with Gasteiger partial charge >= 0.3 is 11.8 Å². The molecule has 4 aromatic rings. The summed E-state index contributed by atoms with van der Waals surface area (Å²) in [6.07, 6.45) is 0.530. The van der Waals surface area contributed by atoms with Crippen LogP contribution in [0.5, 0.6) is 0 Å². The van der Waals surface area contributed by atoms with E-state index in [2.05, 4.69) is 20.4 Å². The van der Waals surface area contributed by atoms with Crippen LogP contribution < -0.4 is 22.1 Å². The number of primary amides is 1. The number of carbonyl (C=O) groups is 2. The van der Waals surface area contributed by atoms with Crippen molar-refractivity contribution in [2.45, 2.75) is 63.7 Å². The standard InChI is InChI=1S/C28H35N9O5/c1-14-8-21(33-24-23(14)34-22(13-41-4)37(24)28(25(29)38)11-15(28)2)32-20-10-18-19(12-30-20)35(3)27(40)36(18)17-7-6-16(9-17)31-26(39)42-5/h8,10,12,15-17H,6-7,9,11,13H2,1-5H3,(H2,29,38)(H,31,39)(H,30,32,33)/t15-,16+,17+,28-/m0/s1/i3D3,5D3,16D. The maximum Gasteiger partial charge on any atom is 0.407 e. The van der Waals surface area contributed by atoms with Crippen molar-refractivity contribution < 1.29 is 28.7 Å². The number of hydrogen-bond donors (Lipinski definition) is 3. The lowest BCUT2D eigenvalue weighted by molar-refractivity contribution is -0.122. The van der Waals surface area contributed by atoms with E-state index in [-0.39, 0.29) is 48.6 Å². The van der Waals surface area contributed by atoms with Crippen molar-refractivity contribution in [3.8, 4) is 0 Å². The van der Waals surface area contributed by atoms with E-state index in [1.807, 2.05) is 13.8 Å². The first-order valence-electron chi connectivity index (χ1n) is 16.9. The van der Waals surface area contributed by atoms with E-state index < -0.39 is 49.3 Å². The van der Waals surface area contributed by atoms with Gasteiger partial charge in [-0.1, -0.05) is 6.92 Å². The average Bonchev–Trinajstić information content (AvgIpc) is 3.20. The summed E-state index contributed by atoms with van der Waals surface area (Å²) in [5, 5.41) is 5.37. The van der Waals surface area contributed by atoms with Crippen molar-refractivity contribution in [2.24, 2.45) is 18.6 Å². The number of hydrogen-bond acceptors (Lipinski definition) is 9. The summed E-state index contributed by atoms with van der Waals surface area (Å²) in [6.45, 7) is 0.998. The first-order chi connectivity index (χ1) is 22.8. The van der Waals surface area contributed by atoms with E-state index in [1.165, 1.54) is 23.9 Å². The fraction of sp³-hybridized carbons (Fsp3) is 0.500. The predicted octanol–water partition coefficient (Wildman–Crippen LogP) is 2.35. The maximum absolute atomic E-state index is 13.7. The monoisotopic (exact) mass is 584 g/mol. The molecule has 0 unspecified atom stereocenters. The molecule has 222 valence electrons. The van der Waals surface area contributed by atoms with Crippen molar-refractivity contribution in [1.82, 2.24) is 34.0 Å². The lowest BCUT2D eigenvalue weighted by atomic mass is 10.2. The van der Waals surface area contributed by atoms with Gasteiger partial charge in [0.25, 0.3) is 0 Å². The number of alkyl carbamates (subject to hydrolysis) is 1. The molecule has 0 bridgehead atoms. The molecule has 42 heavy (non-hydrogen) atoms. The number of amides is 2. The molecule has 14 heteroatoms. The molecule has 2 amide bonds. The second-order valence-electron chi connectivity index (χ2n) is 10.9. The fourth-order valence-electron chi connectivity index (χ4n) is 6.13. The van der Waals surface area contributed by atoms with Crippen LogP contribution >= 0.6 is 0 Å². The molecule has 2 fully saturated rings. The number of carbonyl (C=O) groups excluding carboxylic acids is 2. The molecule has 14 nitrogen and oxygen atoms in total. The van der Waals surface area contributed by atoms with Gasteiger partial charge in [0.05, 0.1) is 29.8 Å². The molecular formula is C28H35N9O5. The van der Waals surface area contributed by atoms with Gasteiger partial charge in [0.2, 0.25) is 5.91 Å². The number of methoxy groups -OCH3 is 2. The van der Waals surface area contributed by atoms with Crippen LogP contribution in [-0.2, 0) is 33.4 Å². The summed E-state index contributed by atoms with van der Waals surface area (Å²) in [6, 6.07) is 0.792. The Morgan fingerprint density at radius 3 is 2.76 bits per heavy atom. The van der Waals surface area contributed by atoms with Gasteiger partial charge in [0, 0.05) is 36.3 Å². The zero-order chi connectivity index (χ0) is 35.8. The van der Waals surface area contributed by atoms with Crippen LogP contribution in [0.25, 0.3) is 22.2 Å². The largest absolute Gasteiger partial charge is 0.453 e. The summed E-state index contributed by atoms with van der Waals surface area (Å²) < 4.78 is 67.5. The highest BCUT2D eigenvalue weighted by molar-refractivity contribution is 5.90. The predicted molar refractivity (Wildman–Crippen MR) is 154 cm³/mol. The summed E-state index contributed by atoms with van der Waals surface area (Å²) in [5.41, 5.74) is 5.91. The minimum Gasteiger partial charge on any atom is -0.453 e. The molecule has 4 heterocycles. The topological polar surface area (TPSA) is 173 Å². The molecule has 4 N–H and O–H groups in total. The third-order valence-corrected chi connectivity index (χ3v) is 8.26. The summed E-state index contributed by atoms with van der Waals surface area (Å²) in [7, 11) is -1.49. The molecule has 0 spiro atoms. The molecule has 2 aliphatic carbocycles. The Hall–Kier alpha value is -4.46. The lowest BCUT2D eigenvalue weighted by Gasteiger charge is -2.19. The lowest BCUT2D eigenvalue weighted by Crippen LogP contribution is -2.37. The SMILES string of the molecule is [2H]C([2H])([2H])OC(=O)N[C@]1([2H])CC[C@@H](n2c(=O)n(C([2H])([2H])[2H])c3cnc(Nc4cc(C)c5nc(COC)n([C@@]6(C(N)=O)C[C@@H]6C)c5n4)cc32)C1. The highest BCUT2D eigenvalue weighted by Gasteiger charge is 2.59. The Morgan fingerprint density at radius 2 is 2.07 bits per heavy atom. The third kappa shape index (κ3) is 4.28. The van der Waals surface area contributed by atoms with Gasteiger partial charge < -0.3 is 25.8 Å². The zero-order valence-corrected chi connectivity index (χ0v) is 23.2. The van der Waals surface area contributed by atoms with Gasteiger partial charge in [-0.15, -0.1) is 0 Å². The van der Waals surface area contributed by atoms with Gasteiger partial charge in [0.15, 0.2) is 5.65 Å². The van der Waals surface area contributed by atoms with Crippen LogP contribution in [0.3, 0.4) is 0 Å². The van der Waals surface area contributed by atoms with Crippen molar-refractivity contribution >= 4 is 45.8 Å². The molecule has 0 saturated heterocycles. The van der Waals surface area contributed by atoms with Crippen molar-refractivity contribution in [3.63, 3.8) is 0 Å². The summed E-state index contributed by atoms with van der Waals surface area (Å²) in [4.78, 5) is 52.4. The molecule has 4 aromatic heterocycles. The number of fused-ring (bicyclic) bond motifs is 2. The number of nitrogens with one attached hydrogen (secondary N) is 2. The Labute approximate surface area is 251 Å². The van der Waals surface area contributed by atoms with Gasteiger partial charge in [-0.3, -0.25) is 18.5 Å². The summed E-state index contributed by atoms with van der Waals surface area (Å²) >= 11 is 0. The van der Waals surface area contributed by atoms with Crippen LogP contribution in [0.4, 0.5) is 16.4 Å². The van der Waals surface area contributed by atoms with Gasteiger partial charge in [0.1, 0.15) is 35.1 Å². The first-order valence-corrected chi connectivity index (χ1v) is 13.4. The van der Waals surface area contributed by atoms with E-state index >= 15 is 0 Å². The highest BCUT2D eigenvalue weighted by atomic mass is 16.5. The molecule has 2 aliphatic rings. The molecular weight excluding hydrogens is 542 g/mol. The van der Waals surface area contributed by atoms with Gasteiger partial charge in [-0.25, -0.2) is 24.5 Å². The number of nitrogens with zero attached hydrogens (tertiary/aromatic N) is 6. The molecule has 0 radical (unpaired) electrons. The molecule has 6 rings (SSSR count). The van der Waals surface area contributed by atoms with E-state index in [4.69, 9.17) is 30.0 Å². The average molecular weight is 585 g/mol. The Bertz CT molecular complexity index is 2060. The maximum atomic E-state index is 13.7. The second-order valence-corrected chi connectivity index (χ2v) is 10.9. The minimum atomic E-state index is -3.01. The van der Waals surface area contributed by atoms with E-state index in [9.17, 15) is 14.4 Å². The number of anilines is 2.